The molecule has 3 rings (SSSR count). The van der Waals surface area contributed by atoms with E-state index in [9.17, 15) is 0 Å². The average molecular weight is 396 g/mol. The van der Waals surface area contributed by atoms with Gasteiger partial charge in [0.1, 0.15) is 5.75 Å². The molecule has 5 heteroatoms. The van der Waals surface area contributed by atoms with Crippen LogP contribution in [0.15, 0.2) is 53.5 Å². The minimum Gasteiger partial charge on any atom is -0.497 e. The summed E-state index contributed by atoms with van der Waals surface area (Å²) >= 11 is 0. The molecule has 0 saturated carbocycles. The molecule has 0 bridgehead atoms. The maximum atomic E-state index is 5.68. The number of aryl methyl sites for hydroxylation is 1. The Kier molecular flexibility index (Phi) is 7.53. The summed E-state index contributed by atoms with van der Waals surface area (Å²) in [5.41, 5.74) is 3.99. The molecular formula is C24H33N3O2. The Morgan fingerprint density at radius 2 is 1.79 bits per heavy atom. The van der Waals surface area contributed by atoms with Crippen molar-refractivity contribution in [2.24, 2.45) is 4.99 Å². The Balaban J connectivity index is 1.73. The Bertz CT molecular complexity index is 796. The van der Waals surface area contributed by atoms with Crippen LogP contribution in [0, 0.1) is 6.92 Å². The second-order valence-electron chi connectivity index (χ2n) is 7.60. The lowest BCUT2D eigenvalue weighted by atomic mass is 9.72. The van der Waals surface area contributed by atoms with Crippen LogP contribution in [-0.4, -0.2) is 39.4 Å². The predicted molar refractivity (Wildman–Crippen MR) is 119 cm³/mol. The number of benzene rings is 2. The Hall–Kier alpha value is -2.53. The first-order valence-electron chi connectivity index (χ1n) is 10.5. The van der Waals surface area contributed by atoms with Crippen LogP contribution in [0.25, 0.3) is 0 Å². The first kappa shape index (κ1) is 21.2. The van der Waals surface area contributed by atoms with Gasteiger partial charge in [-0.05, 0) is 55.5 Å². The molecule has 0 aromatic heterocycles. The number of guanidine groups is 1. The number of nitrogens with one attached hydrogen (secondary N) is 2. The lowest BCUT2D eigenvalue weighted by Gasteiger charge is -2.39. The van der Waals surface area contributed by atoms with Crippen LogP contribution in [0.3, 0.4) is 0 Å². The number of rotatable bonds is 7. The van der Waals surface area contributed by atoms with Crippen LogP contribution in [0.5, 0.6) is 5.75 Å². The molecule has 1 aliphatic rings. The van der Waals surface area contributed by atoms with E-state index in [1.165, 1.54) is 11.1 Å². The Morgan fingerprint density at radius 1 is 1.07 bits per heavy atom. The lowest BCUT2D eigenvalue weighted by Crippen LogP contribution is -2.48. The maximum absolute atomic E-state index is 5.68. The molecule has 29 heavy (non-hydrogen) atoms. The monoisotopic (exact) mass is 395 g/mol. The highest BCUT2D eigenvalue weighted by Crippen LogP contribution is 2.36. The fourth-order valence-corrected chi connectivity index (χ4v) is 3.97. The summed E-state index contributed by atoms with van der Waals surface area (Å²) in [7, 11) is 1.68. The summed E-state index contributed by atoms with van der Waals surface area (Å²) in [6.07, 6.45) is 2.03. The smallest absolute Gasteiger partial charge is 0.191 e. The standard InChI is InChI=1S/C24H33N3O2/c1-4-25-23(26-17-20-9-11-21(28-3)12-10-20)27-18-24(13-15-29-16-14-24)22-8-6-5-7-19(22)2/h5-12H,4,13-18H2,1-3H3,(H2,25,26,27). The fourth-order valence-electron chi connectivity index (χ4n) is 3.97. The van der Waals surface area contributed by atoms with E-state index >= 15 is 0 Å². The molecule has 1 saturated heterocycles. The van der Waals surface area contributed by atoms with Crippen LogP contribution < -0.4 is 15.4 Å². The van der Waals surface area contributed by atoms with Crippen LogP contribution in [0.4, 0.5) is 0 Å². The van der Waals surface area contributed by atoms with Gasteiger partial charge in [0.15, 0.2) is 5.96 Å². The van der Waals surface area contributed by atoms with Crippen molar-refractivity contribution in [1.29, 1.82) is 0 Å². The van der Waals surface area contributed by atoms with Gasteiger partial charge in [-0.1, -0.05) is 36.4 Å². The van der Waals surface area contributed by atoms with E-state index in [2.05, 4.69) is 60.9 Å². The van der Waals surface area contributed by atoms with Crippen molar-refractivity contribution in [2.45, 2.75) is 38.6 Å². The van der Waals surface area contributed by atoms with Gasteiger partial charge >= 0.3 is 0 Å². The van der Waals surface area contributed by atoms with E-state index < -0.39 is 0 Å². The first-order valence-corrected chi connectivity index (χ1v) is 10.5. The summed E-state index contributed by atoms with van der Waals surface area (Å²) in [5.74, 6) is 1.71. The average Bonchev–Trinajstić information content (AvgIpc) is 2.77. The van der Waals surface area contributed by atoms with E-state index in [0.717, 1.165) is 56.4 Å². The van der Waals surface area contributed by atoms with Gasteiger partial charge in [0, 0.05) is 31.7 Å². The summed E-state index contributed by atoms with van der Waals surface area (Å²) in [6.45, 7) is 8.20. The van der Waals surface area contributed by atoms with Crippen molar-refractivity contribution in [3.05, 3.63) is 65.2 Å². The molecule has 2 N–H and O–H groups in total. The molecule has 1 aliphatic heterocycles. The van der Waals surface area contributed by atoms with Gasteiger partial charge < -0.3 is 20.1 Å². The van der Waals surface area contributed by atoms with Crippen molar-refractivity contribution in [1.82, 2.24) is 10.6 Å². The topological polar surface area (TPSA) is 54.9 Å². The molecule has 0 atom stereocenters. The molecule has 0 amide bonds. The molecule has 156 valence electrons. The molecule has 0 radical (unpaired) electrons. The van der Waals surface area contributed by atoms with Gasteiger partial charge in [-0.2, -0.15) is 0 Å². The van der Waals surface area contributed by atoms with Gasteiger partial charge in [0.25, 0.3) is 0 Å². The summed E-state index contributed by atoms with van der Waals surface area (Å²) < 4.78 is 10.9. The molecular weight excluding hydrogens is 362 g/mol. The number of methoxy groups -OCH3 is 1. The van der Waals surface area contributed by atoms with E-state index in [-0.39, 0.29) is 5.41 Å². The maximum Gasteiger partial charge on any atom is 0.191 e. The van der Waals surface area contributed by atoms with E-state index in [0.29, 0.717) is 6.54 Å². The zero-order valence-electron chi connectivity index (χ0n) is 17.8. The number of nitrogens with zero attached hydrogens (tertiary/aromatic N) is 1. The van der Waals surface area contributed by atoms with Crippen LogP contribution in [-0.2, 0) is 16.7 Å². The number of aliphatic imine (C=N–C) groups is 1. The molecule has 5 nitrogen and oxygen atoms in total. The quantitative estimate of drug-likeness (QED) is 0.553. The molecule has 0 aliphatic carbocycles. The third-order valence-corrected chi connectivity index (χ3v) is 5.68. The minimum atomic E-state index is 0.0693. The van der Waals surface area contributed by atoms with Crippen LogP contribution in [0.1, 0.15) is 36.5 Å². The van der Waals surface area contributed by atoms with Gasteiger partial charge in [-0.3, -0.25) is 0 Å². The third kappa shape index (κ3) is 5.51. The largest absolute Gasteiger partial charge is 0.497 e. The molecule has 2 aromatic rings. The summed E-state index contributed by atoms with van der Waals surface area (Å²) in [4.78, 5) is 4.79. The first-order chi connectivity index (χ1) is 14.2. The van der Waals surface area contributed by atoms with Crippen molar-refractivity contribution in [3.63, 3.8) is 0 Å². The van der Waals surface area contributed by atoms with E-state index in [1.807, 2.05) is 12.1 Å². The third-order valence-electron chi connectivity index (χ3n) is 5.68. The second-order valence-corrected chi connectivity index (χ2v) is 7.60. The van der Waals surface area contributed by atoms with Crippen molar-refractivity contribution in [3.8, 4) is 5.75 Å². The van der Waals surface area contributed by atoms with Gasteiger partial charge in [-0.15, -0.1) is 0 Å². The number of hydrogen-bond acceptors (Lipinski definition) is 3. The van der Waals surface area contributed by atoms with Crippen LogP contribution >= 0.6 is 0 Å². The van der Waals surface area contributed by atoms with Crippen molar-refractivity contribution in [2.75, 3.05) is 33.4 Å². The van der Waals surface area contributed by atoms with E-state index in [4.69, 9.17) is 14.5 Å². The predicted octanol–water partition coefficient (Wildman–Crippen LogP) is 3.81. The highest BCUT2D eigenvalue weighted by molar-refractivity contribution is 5.79. The lowest BCUT2D eigenvalue weighted by molar-refractivity contribution is 0.0512. The second kappa shape index (κ2) is 10.3. The SMILES string of the molecule is CCNC(=NCc1ccc(OC)cc1)NCC1(c2ccccc2C)CCOCC1. The highest BCUT2D eigenvalue weighted by Gasteiger charge is 2.35. The minimum absolute atomic E-state index is 0.0693. The van der Waals surface area contributed by atoms with Gasteiger partial charge in [-0.25, -0.2) is 4.99 Å². The number of ether oxygens (including phenoxy) is 2. The zero-order valence-corrected chi connectivity index (χ0v) is 17.8. The fraction of sp³-hybridized carbons (Fsp3) is 0.458. The number of hydrogen-bond donors (Lipinski definition) is 2. The van der Waals surface area contributed by atoms with Crippen LogP contribution in [0.2, 0.25) is 0 Å². The van der Waals surface area contributed by atoms with Crippen molar-refractivity contribution >= 4 is 5.96 Å². The normalized spacial score (nSPS) is 16.3. The summed E-state index contributed by atoms with van der Waals surface area (Å²) in [5, 5.41) is 6.99. The van der Waals surface area contributed by atoms with Gasteiger partial charge in [0.05, 0.1) is 13.7 Å². The van der Waals surface area contributed by atoms with Gasteiger partial charge in [0.2, 0.25) is 0 Å². The Morgan fingerprint density at radius 3 is 2.45 bits per heavy atom. The Labute approximate surface area is 174 Å². The summed E-state index contributed by atoms with van der Waals surface area (Å²) in [6, 6.07) is 16.8. The van der Waals surface area contributed by atoms with Crippen molar-refractivity contribution < 1.29 is 9.47 Å². The molecule has 2 aromatic carbocycles. The highest BCUT2D eigenvalue weighted by atomic mass is 16.5. The molecule has 1 heterocycles. The molecule has 0 spiro atoms. The van der Waals surface area contributed by atoms with E-state index in [1.54, 1.807) is 7.11 Å². The zero-order chi connectivity index (χ0) is 20.5. The molecule has 0 unspecified atom stereocenters. The molecule has 1 fully saturated rings.